The molecule has 3 rings (SSSR count). The zero-order valence-corrected chi connectivity index (χ0v) is 11.2. The van der Waals surface area contributed by atoms with E-state index in [1.165, 1.54) is 12.3 Å². The standard InChI is InChI=1S/C13H16N4O3/c1-8-4-11(18)10(6-14-8)12(19)16-2-3-17-9(7-16)5-15-13(17)20/h4,6,9H,2-3,5,7H2,1H3,(H,14,18)(H,15,20). The van der Waals surface area contributed by atoms with Gasteiger partial charge in [-0.2, -0.15) is 0 Å². The highest BCUT2D eigenvalue weighted by Gasteiger charge is 2.37. The van der Waals surface area contributed by atoms with E-state index in [9.17, 15) is 14.4 Å². The van der Waals surface area contributed by atoms with Crippen LogP contribution in [0.5, 0.6) is 0 Å². The molecule has 2 saturated heterocycles. The molecule has 3 heterocycles. The van der Waals surface area contributed by atoms with Gasteiger partial charge in [-0.25, -0.2) is 4.79 Å². The Morgan fingerprint density at radius 3 is 2.90 bits per heavy atom. The monoisotopic (exact) mass is 276 g/mol. The summed E-state index contributed by atoms with van der Waals surface area (Å²) in [4.78, 5) is 42.0. The first-order chi connectivity index (χ1) is 9.56. The summed E-state index contributed by atoms with van der Waals surface area (Å²) < 4.78 is 0. The molecule has 3 amide bonds. The van der Waals surface area contributed by atoms with Crippen LogP contribution < -0.4 is 10.7 Å². The largest absolute Gasteiger partial charge is 0.364 e. The van der Waals surface area contributed by atoms with E-state index < -0.39 is 0 Å². The van der Waals surface area contributed by atoms with E-state index in [0.717, 1.165) is 5.69 Å². The molecule has 7 heteroatoms. The zero-order chi connectivity index (χ0) is 14.3. The number of H-pyrrole nitrogens is 1. The molecule has 0 radical (unpaired) electrons. The topological polar surface area (TPSA) is 85.5 Å². The summed E-state index contributed by atoms with van der Waals surface area (Å²) >= 11 is 0. The normalized spacial score (nSPS) is 21.6. The van der Waals surface area contributed by atoms with Crippen LogP contribution in [0.4, 0.5) is 4.79 Å². The lowest BCUT2D eigenvalue weighted by Crippen LogP contribution is -2.54. The van der Waals surface area contributed by atoms with Crippen molar-refractivity contribution < 1.29 is 9.59 Å². The Morgan fingerprint density at radius 2 is 2.15 bits per heavy atom. The predicted molar refractivity (Wildman–Crippen MR) is 71.6 cm³/mol. The smallest absolute Gasteiger partial charge is 0.317 e. The third kappa shape index (κ3) is 2.04. The van der Waals surface area contributed by atoms with Crippen molar-refractivity contribution in [3.63, 3.8) is 0 Å². The average molecular weight is 276 g/mol. The molecular formula is C13H16N4O3. The van der Waals surface area contributed by atoms with Crippen LogP contribution in [-0.2, 0) is 0 Å². The first kappa shape index (κ1) is 12.7. The van der Waals surface area contributed by atoms with Crippen LogP contribution in [0, 0.1) is 6.92 Å². The van der Waals surface area contributed by atoms with E-state index in [1.54, 1.807) is 16.7 Å². The molecule has 0 spiro atoms. The number of fused-ring (bicyclic) bond motifs is 1. The maximum absolute atomic E-state index is 12.4. The third-order valence-electron chi connectivity index (χ3n) is 3.81. The zero-order valence-electron chi connectivity index (χ0n) is 11.2. The SMILES string of the molecule is Cc1cc(=O)c(C(=O)N2CCN3C(=O)NCC3C2)c[nH]1. The summed E-state index contributed by atoms with van der Waals surface area (Å²) in [6.45, 7) is 3.74. The highest BCUT2D eigenvalue weighted by atomic mass is 16.2. The second-order valence-corrected chi connectivity index (χ2v) is 5.18. The number of nitrogens with zero attached hydrogens (tertiary/aromatic N) is 2. The van der Waals surface area contributed by atoms with Crippen LogP contribution in [0.25, 0.3) is 0 Å². The molecule has 0 aromatic carbocycles. The lowest BCUT2D eigenvalue weighted by molar-refractivity contribution is 0.0615. The Bertz CT molecular complexity index is 624. The van der Waals surface area contributed by atoms with Crippen molar-refractivity contribution in [2.75, 3.05) is 26.2 Å². The number of nitrogens with one attached hydrogen (secondary N) is 2. The highest BCUT2D eigenvalue weighted by molar-refractivity contribution is 5.94. The molecule has 2 aliphatic rings. The van der Waals surface area contributed by atoms with E-state index in [1.807, 2.05) is 0 Å². The molecule has 1 unspecified atom stereocenters. The number of aromatic amines is 1. The lowest BCUT2D eigenvalue weighted by atomic mass is 10.1. The van der Waals surface area contributed by atoms with Gasteiger partial charge >= 0.3 is 6.03 Å². The molecule has 0 aliphatic carbocycles. The minimum Gasteiger partial charge on any atom is -0.364 e. The number of amides is 3. The van der Waals surface area contributed by atoms with E-state index in [-0.39, 0.29) is 29.0 Å². The van der Waals surface area contributed by atoms with Crippen LogP contribution in [-0.4, -0.2) is 58.9 Å². The van der Waals surface area contributed by atoms with Gasteiger partial charge in [0.05, 0.1) is 6.04 Å². The molecule has 1 atom stereocenters. The fourth-order valence-corrected chi connectivity index (χ4v) is 2.70. The summed E-state index contributed by atoms with van der Waals surface area (Å²) in [5.41, 5.74) is 0.609. The molecule has 0 saturated carbocycles. The van der Waals surface area contributed by atoms with E-state index in [2.05, 4.69) is 10.3 Å². The number of carbonyl (C=O) groups is 2. The summed E-state index contributed by atoms with van der Waals surface area (Å²) in [7, 11) is 0. The second-order valence-electron chi connectivity index (χ2n) is 5.18. The Balaban J connectivity index is 1.78. The van der Waals surface area contributed by atoms with Gasteiger partial charge in [-0.05, 0) is 6.92 Å². The van der Waals surface area contributed by atoms with E-state index in [4.69, 9.17) is 0 Å². The maximum atomic E-state index is 12.4. The average Bonchev–Trinajstić information content (AvgIpc) is 2.79. The Morgan fingerprint density at radius 1 is 1.35 bits per heavy atom. The predicted octanol–water partition coefficient (Wildman–Crippen LogP) is -0.467. The number of pyridine rings is 1. The number of urea groups is 1. The molecule has 1 aromatic heterocycles. The van der Waals surface area contributed by atoms with Crippen molar-refractivity contribution in [1.82, 2.24) is 20.1 Å². The second kappa shape index (κ2) is 4.66. The molecule has 0 bridgehead atoms. The number of hydrogen-bond donors (Lipinski definition) is 2. The molecule has 7 nitrogen and oxygen atoms in total. The number of rotatable bonds is 1. The van der Waals surface area contributed by atoms with Gasteiger partial charge in [-0.1, -0.05) is 0 Å². The van der Waals surface area contributed by atoms with Crippen LogP contribution in [0.1, 0.15) is 16.1 Å². The Hall–Kier alpha value is -2.31. The number of piperazine rings is 1. The number of carbonyl (C=O) groups excluding carboxylic acids is 2. The fraction of sp³-hybridized carbons (Fsp3) is 0.462. The quantitative estimate of drug-likeness (QED) is 0.727. The molecule has 2 N–H and O–H groups in total. The van der Waals surface area contributed by atoms with Crippen molar-refractivity contribution >= 4 is 11.9 Å². The van der Waals surface area contributed by atoms with Crippen LogP contribution in [0.2, 0.25) is 0 Å². The Kier molecular flexibility index (Phi) is 2.96. The van der Waals surface area contributed by atoms with Crippen molar-refractivity contribution in [1.29, 1.82) is 0 Å². The van der Waals surface area contributed by atoms with Crippen molar-refractivity contribution in [3.8, 4) is 0 Å². The molecule has 2 fully saturated rings. The maximum Gasteiger partial charge on any atom is 0.317 e. The molecule has 1 aromatic rings. The summed E-state index contributed by atoms with van der Waals surface area (Å²) in [6, 6.07) is 1.35. The fourth-order valence-electron chi connectivity index (χ4n) is 2.70. The van der Waals surface area contributed by atoms with Gasteiger partial charge in [-0.3, -0.25) is 9.59 Å². The van der Waals surface area contributed by atoms with Crippen molar-refractivity contribution in [3.05, 3.63) is 33.7 Å². The van der Waals surface area contributed by atoms with Gasteiger partial charge in [0.1, 0.15) is 5.56 Å². The molecular weight excluding hydrogens is 260 g/mol. The summed E-state index contributed by atoms with van der Waals surface area (Å²) in [5.74, 6) is -0.273. The number of aromatic nitrogens is 1. The van der Waals surface area contributed by atoms with Crippen molar-refractivity contribution in [2.45, 2.75) is 13.0 Å². The highest BCUT2D eigenvalue weighted by Crippen LogP contribution is 2.15. The van der Waals surface area contributed by atoms with Gasteiger partial charge in [0.25, 0.3) is 5.91 Å². The van der Waals surface area contributed by atoms with Gasteiger partial charge < -0.3 is 20.1 Å². The van der Waals surface area contributed by atoms with Crippen molar-refractivity contribution in [2.24, 2.45) is 0 Å². The minimum absolute atomic E-state index is 0.00438. The lowest BCUT2D eigenvalue weighted by Gasteiger charge is -2.36. The molecule has 106 valence electrons. The van der Waals surface area contributed by atoms with Crippen LogP contribution in [0.15, 0.2) is 17.1 Å². The first-order valence-electron chi connectivity index (χ1n) is 6.59. The number of hydrogen-bond acceptors (Lipinski definition) is 3. The number of aryl methyl sites for hydroxylation is 1. The van der Waals surface area contributed by atoms with Gasteiger partial charge in [0.15, 0.2) is 5.43 Å². The third-order valence-corrected chi connectivity index (χ3v) is 3.81. The summed E-state index contributed by atoms with van der Waals surface area (Å²) in [6.07, 6.45) is 1.46. The summed E-state index contributed by atoms with van der Waals surface area (Å²) in [5, 5.41) is 2.76. The Labute approximate surface area is 115 Å². The van der Waals surface area contributed by atoms with E-state index >= 15 is 0 Å². The minimum atomic E-state index is -0.273. The molecule has 20 heavy (non-hydrogen) atoms. The van der Waals surface area contributed by atoms with Crippen LogP contribution >= 0.6 is 0 Å². The van der Waals surface area contributed by atoms with E-state index in [0.29, 0.717) is 26.2 Å². The van der Waals surface area contributed by atoms with Gasteiger partial charge in [0.2, 0.25) is 0 Å². The van der Waals surface area contributed by atoms with Gasteiger partial charge in [0, 0.05) is 44.1 Å². The van der Waals surface area contributed by atoms with Gasteiger partial charge in [-0.15, -0.1) is 0 Å². The first-order valence-corrected chi connectivity index (χ1v) is 6.59. The molecule has 2 aliphatic heterocycles. The van der Waals surface area contributed by atoms with Crippen LogP contribution in [0.3, 0.4) is 0 Å².